The Morgan fingerprint density at radius 2 is 1.81 bits per heavy atom. The molecule has 4 heteroatoms. The molecule has 4 aromatic rings. The number of hydrogen-bond donors (Lipinski definition) is 1. The number of nitrogens with zero attached hydrogens (tertiary/aromatic N) is 1. The van der Waals surface area contributed by atoms with Crippen molar-refractivity contribution in [2.24, 2.45) is 0 Å². The number of fused-ring (bicyclic) bond motifs is 1. The third-order valence-electron chi connectivity index (χ3n) is 4.65. The number of benzene rings is 3. The summed E-state index contributed by atoms with van der Waals surface area (Å²) in [5.74, 6) is -0.0952. The summed E-state index contributed by atoms with van der Waals surface area (Å²) in [5.41, 5.74) is 5.74. The molecule has 0 radical (unpaired) electrons. The maximum Gasteiger partial charge on any atom is 0.255 e. The molecule has 3 aromatic carbocycles. The first-order chi connectivity index (χ1) is 13.1. The lowest BCUT2D eigenvalue weighted by Gasteiger charge is -2.10. The Morgan fingerprint density at radius 1 is 1.04 bits per heavy atom. The summed E-state index contributed by atoms with van der Waals surface area (Å²) >= 11 is 1.66. The molecule has 1 heterocycles. The second-order valence-corrected chi connectivity index (χ2v) is 7.55. The first-order valence-electron chi connectivity index (χ1n) is 9.01. The number of rotatable bonds is 4. The number of para-hydroxylation sites is 1. The highest BCUT2D eigenvalue weighted by atomic mass is 32.1. The fourth-order valence-electron chi connectivity index (χ4n) is 2.97. The van der Waals surface area contributed by atoms with Crippen LogP contribution in [0.4, 0.5) is 5.69 Å². The van der Waals surface area contributed by atoms with Crippen LogP contribution < -0.4 is 5.32 Å². The van der Waals surface area contributed by atoms with Crippen LogP contribution in [-0.2, 0) is 6.42 Å². The van der Waals surface area contributed by atoms with Gasteiger partial charge in [-0.05, 0) is 54.8 Å². The van der Waals surface area contributed by atoms with Crippen molar-refractivity contribution >= 4 is 33.1 Å². The number of hydrogen-bond acceptors (Lipinski definition) is 3. The molecule has 0 fully saturated rings. The Balaban J connectivity index is 1.62. The van der Waals surface area contributed by atoms with Gasteiger partial charge in [0, 0.05) is 16.8 Å². The van der Waals surface area contributed by atoms with E-state index in [-0.39, 0.29) is 5.91 Å². The third kappa shape index (κ3) is 3.62. The van der Waals surface area contributed by atoms with Crippen molar-refractivity contribution in [1.29, 1.82) is 0 Å². The third-order valence-corrected chi connectivity index (χ3v) is 5.74. The van der Waals surface area contributed by atoms with Gasteiger partial charge in [-0.15, -0.1) is 11.3 Å². The van der Waals surface area contributed by atoms with Gasteiger partial charge in [0.15, 0.2) is 0 Å². The first kappa shape index (κ1) is 17.4. The minimum absolute atomic E-state index is 0.0952. The highest BCUT2D eigenvalue weighted by Gasteiger charge is 2.11. The van der Waals surface area contributed by atoms with Gasteiger partial charge in [-0.1, -0.05) is 43.3 Å². The Labute approximate surface area is 162 Å². The van der Waals surface area contributed by atoms with Crippen LogP contribution in [0, 0.1) is 6.92 Å². The van der Waals surface area contributed by atoms with E-state index in [0.29, 0.717) is 5.56 Å². The molecule has 27 heavy (non-hydrogen) atoms. The average molecular weight is 372 g/mol. The smallest absolute Gasteiger partial charge is 0.255 e. The summed E-state index contributed by atoms with van der Waals surface area (Å²) in [4.78, 5) is 17.3. The van der Waals surface area contributed by atoms with E-state index in [4.69, 9.17) is 4.98 Å². The summed E-state index contributed by atoms with van der Waals surface area (Å²) in [6, 6.07) is 22.0. The average Bonchev–Trinajstić information content (AvgIpc) is 3.14. The van der Waals surface area contributed by atoms with E-state index in [1.54, 1.807) is 11.3 Å². The van der Waals surface area contributed by atoms with Crippen molar-refractivity contribution in [2.75, 3.05) is 5.32 Å². The van der Waals surface area contributed by atoms with Crippen molar-refractivity contribution in [2.45, 2.75) is 20.3 Å². The van der Waals surface area contributed by atoms with Gasteiger partial charge in [0.2, 0.25) is 0 Å². The van der Waals surface area contributed by atoms with E-state index in [1.807, 2.05) is 61.5 Å². The molecule has 0 atom stereocenters. The molecule has 134 valence electrons. The summed E-state index contributed by atoms with van der Waals surface area (Å²) in [5, 5.41) is 4.00. The zero-order valence-electron chi connectivity index (χ0n) is 15.3. The highest BCUT2D eigenvalue weighted by Crippen LogP contribution is 2.32. The van der Waals surface area contributed by atoms with Crippen molar-refractivity contribution in [3.05, 3.63) is 83.4 Å². The Bertz CT molecular complexity index is 1080. The van der Waals surface area contributed by atoms with Crippen molar-refractivity contribution in [1.82, 2.24) is 4.98 Å². The monoisotopic (exact) mass is 372 g/mol. The molecular formula is C23H20N2OS. The molecule has 0 saturated carbocycles. The molecule has 1 aromatic heterocycles. The summed E-state index contributed by atoms with van der Waals surface area (Å²) in [7, 11) is 0. The van der Waals surface area contributed by atoms with E-state index in [0.717, 1.165) is 38.5 Å². The lowest BCUT2D eigenvalue weighted by atomic mass is 10.1. The van der Waals surface area contributed by atoms with Crippen LogP contribution >= 0.6 is 11.3 Å². The molecule has 0 saturated heterocycles. The molecule has 1 amide bonds. The van der Waals surface area contributed by atoms with Gasteiger partial charge in [-0.25, -0.2) is 4.98 Å². The van der Waals surface area contributed by atoms with Crippen molar-refractivity contribution in [3.8, 4) is 10.6 Å². The molecular weight excluding hydrogens is 352 g/mol. The fourth-order valence-corrected chi connectivity index (χ4v) is 3.93. The van der Waals surface area contributed by atoms with Gasteiger partial charge in [0.1, 0.15) is 5.01 Å². The molecule has 0 aliphatic rings. The topological polar surface area (TPSA) is 42.0 Å². The van der Waals surface area contributed by atoms with E-state index < -0.39 is 0 Å². The zero-order valence-corrected chi connectivity index (χ0v) is 16.1. The van der Waals surface area contributed by atoms with Crippen LogP contribution in [0.25, 0.3) is 20.8 Å². The van der Waals surface area contributed by atoms with Crippen LogP contribution in [0.2, 0.25) is 0 Å². The first-order valence-corrected chi connectivity index (χ1v) is 9.82. The van der Waals surface area contributed by atoms with Crippen LogP contribution in [0.3, 0.4) is 0 Å². The molecule has 0 spiro atoms. The number of nitrogens with one attached hydrogen (secondary N) is 1. The predicted molar refractivity (Wildman–Crippen MR) is 114 cm³/mol. The van der Waals surface area contributed by atoms with Gasteiger partial charge in [0.25, 0.3) is 5.91 Å². The molecule has 0 bridgehead atoms. The lowest BCUT2D eigenvalue weighted by Crippen LogP contribution is -2.12. The highest BCUT2D eigenvalue weighted by molar-refractivity contribution is 7.21. The van der Waals surface area contributed by atoms with Gasteiger partial charge < -0.3 is 5.32 Å². The molecule has 3 nitrogen and oxygen atoms in total. The van der Waals surface area contributed by atoms with Crippen LogP contribution in [0.15, 0.2) is 66.7 Å². The number of aryl methyl sites for hydroxylation is 2. The van der Waals surface area contributed by atoms with Crippen molar-refractivity contribution < 1.29 is 4.79 Å². The number of carbonyl (C=O) groups excluding carboxylic acids is 1. The Morgan fingerprint density at radius 3 is 2.56 bits per heavy atom. The molecule has 0 aliphatic heterocycles. The normalized spacial score (nSPS) is 10.9. The number of anilines is 1. The quantitative estimate of drug-likeness (QED) is 0.471. The molecule has 0 aliphatic carbocycles. The van der Waals surface area contributed by atoms with E-state index >= 15 is 0 Å². The van der Waals surface area contributed by atoms with E-state index in [2.05, 4.69) is 24.4 Å². The van der Waals surface area contributed by atoms with Gasteiger partial charge >= 0.3 is 0 Å². The largest absolute Gasteiger partial charge is 0.322 e. The molecule has 0 unspecified atom stereocenters. The lowest BCUT2D eigenvalue weighted by molar-refractivity contribution is 0.102. The van der Waals surface area contributed by atoms with Crippen LogP contribution in [0.1, 0.15) is 28.4 Å². The maximum absolute atomic E-state index is 12.6. The van der Waals surface area contributed by atoms with Crippen LogP contribution in [0.5, 0.6) is 0 Å². The van der Waals surface area contributed by atoms with Crippen LogP contribution in [-0.4, -0.2) is 10.9 Å². The summed E-state index contributed by atoms with van der Waals surface area (Å²) < 4.78 is 1.16. The summed E-state index contributed by atoms with van der Waals surface area (Å²) in [6.07, 6.45) is 0.964. The number of amides is 1. The summed E-state index contributed by atoms with van der Waals surface area (Å²) in [6.45, 7) is 4.10. The van der Waals surface area contributed by atoms with E-state index in [9.17, 15) is 4.79 Å². The second kappa shape index (κ2) is 7.33. The molecule has 1 N–H and O–H groups in total. The minimum Gasteiger partial charge on any atom is -0.322 e. The fraction of sp³-hybridized carbons (Fsp3) is 0.130. The Hall–Kier alpha value is -2.98. The molecule has 4 rings (SSSR count). The zero-order chi connectivity index (χ0) is 18.8. The minimum atomic E-state index is -0.0952. The van der Waals surface area contributed by atoms with E-state index in [1.165, 1.54) is 5.56 Å². The standard InChI is InChI=1S/C23H20N2OS/c1-3-16-9-12-17(13-10-16)22(26)24-20-14-18(11-8-15(20)2)23-25-19-6-4-5-7-21(19)27-23/h4-14H,3H2,1-2H3,(H,24,26). The second-order valence-electron chi connectivity index (χ2n) is 6.52. The van der Waals surface area contributed by atoms with Gasteiger partial charge in [0.05, 0.1) is 10.2 Å². The number of thiazole rings is 1. The number of carbonyl (C=O) groups is 1. The van der Waals surface area contributed by atoms with Gasteiger partial charge in [-0.3, -0.25) is 4.79 Å². The number of aromatic nitrogens is 1. The predicted octanol–water partition coefficient (Wildman–Crippen LogP) is 6.09. The van der Waals surface area contributed by atoms with Gasteiger partial charge in [-0.2, -0.15) is 0 Å². The SMILES string of the molecule is CCc1ccc(C(=O)Nc2cc(-c3nc4ccccc4s3)ccc2C)cc1. The Kier molecular flexibility index (Phi) is 4.73. The van der Waals surface area contributed by atoms with Crippen molar-refractivity contribution in [3.63, 3.8) is 0 Å². The maximum atomic E-state index is 12.6.